The second-order valence-electron chi connectivity index (χ2n) is 4.35. The summed E-state index contributed by atoms with van der Waals surface area (Å²) in [6.45, 7) is 6.41. The zero-order valence-corrected chi connectivity index (χ0v) is 12.1. The van der Waals surface area contributed by atoms with E-state index in [1.165, 1.54) is 0 Å². The van der Waals surface area contributed by atoms with E-state index in [0.717, 1.165) is 22.9 Å². The highest BCUT2D eigenvalue weighted by atomic mass is 35.5. The van der Waals surface area contributed by atoms with Crippen LogP contribution in [0.5, 0.6) is 0 Å². The molecule has 92 valence electrons. The van der Waals surface area contributed by atoms with Crippen LogP contribution in [0.25, 0.3) is 11.0 Å². The number of benzene rings is 1. The molecule has 1 heterocycles. The molecule has 0 aliphatic carbocycles. The molecule has 6 heteroatoms. The molecule has 1 aromatic carbocycles. The molecular formula is C11H13Cl2N3S. The van der Waals surface area contributed by atoms with Gasteiger partial charge in [0, 0.05) is 6.04 Å². The van der Waals surface area contributed by atoms with Crippen molar-refractivity contribution in [3.05, 3.63) is 16.1 Å². The fraction of sp³-hybridized carbons (Fsp3) is 0.455. The Morgan fingerprint density at radius 1 is 1.12 bits per heavy atom. The highest BCUT2D eigenvalue weighted by molar-refractivity contribution is 7.00. The van der Waals surface area contributed by atoms with Gasteiger partial charge >= 0.3 is 0 Å². The zero-order chi connectivity index (χ0) is 12.6. The second-order valence-corrected chi connectivity index (χ2v) is 5.70. The molecule has 17 heavy (non-hydrogen) atoms. The van der Waals surface area contributed by atoms with Crippen LogP contribution in [0.2, 0.25) is 10.0 Å². The summed E-state index contributed by atoms with van der Waals surface area (Å²) in [6, 6.07) is 2.01. The number of rotatable bonds is 3. The second kappa shape index (κ2) is 4.96. The lowest BCUT2D eigenvalue weighted by Gasteiger charge is -2.19. The lowest BCUT2D eigenvalue weighted by atomic mass is 10.1. The summed E-state index contributed by atoms with van der Waals surface area (Å²) < 4.78 is 8.42. The average Bonchev–Trinajstić information content (AvgIpc) is 2.72. The molecule has 0 aliphatic heterocycles. The third kappa shape index (κ3) is 2.49. The van der Waals surface area contributed by atoms with Crippen molar-refractivity contribution in [1.82, 2.24) is 8.75 Å². The summed E-state index contributed by atoms with van der Waals surface area (Å²) in [7, 11) is 0. The Balaban J connectivity index is 2.49. The van der Waals surface area contributed by atoms with E-state index < -0.39 is 0 Å². The van der Waals surface area contributed by atoms with Gasteiger partial charge in [0.15, 0.2) is 0 Å². The highest BCUT2D eigenvalue weighted by Crippen LogP contribution is 2.35. The number of nitrogens with zero attached hydrogens (tertiary/aromatic N) is 2. The number of fused-ring (bicyclic) bond motifs is 1. The monoisotopic (exact) mass is 289 g/mol. The topological polar surface area (TPSA) is 37.8 Å². The van der Waals surface area contributed by atoms with Crippen LogP contribution >= 0.6 is 34.9 Å². The van der Waals surface area contributed by atoms with Crippen molar-refractivity contribution in [1.29, 1.82) is 0 Å². The van der Waals surface area contributed by atoms with Crippen molar-refractivity contribution in [2.75, 3.05) is 5.32 Å². The fourth-order valence-electron chi connectivity index (χ4n) is 1.41. The molecule has 0 saturated heterocycles. The average molecular weight is 290 g/mol. The molecule has 2 aromatic rings. The molecule has 0 radical (unpaired) electrons. The Labute approximate surface area is 114 Å². The molecular weight excluding hydrogens is 277 g/mol. The SMILES string of the molecule is CC(C)C(C)Nc1c(Cl)cc(Cl)c2nsnc12. The first-order valence-electron chi connectivity index (χ1n) is 5.37. The van der Waals surface area contributed by atoms with Gasteiger partial charge < -0.3 is 5.32 Å². The lowest BCUT2D eigenvalue weighted by Crippen LogP contribution is -2.21. The third-order valence-electron chi connectivity index (χ3n) is 2.82. The zero-order valence-electron chi connectivity index (χ0n) is 9.79. The minimum absolute atomic E-state index is 0.304. The number of hydrogen-bond acceptors (Lipinski definition) is 4. The van der Waals surface area contributed by atoms with Gasteiger partial charge in [0.05, 0.1) is 27.5 Å². The van der Waals surface area contributed by atoms with Crippen LogP contribution in [0.4, 0.5) is 5.69 Å². The number of halogens is 2. The van der Waals surface area contributed by atoms with Crippen molar-refractivity contribution < 1.29 is 0 Å². The van der Waals surface area contributed by atoms with Crippen molar-refractivity contribution in [2.24, 2.45) is 5.92 Å². The van der Waals surface area contributed by atoms with Gasteiger partial charge in [-0.25, -0.2) is 0 Å². The molecule has 0 aliphatic rings. The maximum atomic E-state index is 6.20. The Bertz CT molecular complexity index is 539. The standard InChI is InChI=1S/C11H13Cl2N3S/c1-5(2)6(3)14-9-7(12)4-8(13)10-11(9)16-17-15-10/h4-6,14H,1-3H3. The molecule has 1 N–H and O–H groups in total. The van der Waals surface area contributed by atoms with Gasteiger partial charge in [0.1, 0.15) is 11.0 Å². The summed E-state index contributed by atoms with van der Waals surface area (Å²) in [5.41, 5.74) is 2.28. The normalized spacial score (nSPS) is 13.3. The van der Waals surface area contributed by atoms with E-state index >= 15 is 0 Å². The largest absolute Gasteiger partial charge is 0.379 e. The van der Waals surface area contributed by atoms with Crippen LogP contribution in [-0.2, 0) is 0 Å². The van der Waals surface area contributed by atoms with Gasteiger partial charge in [-0.2, -0.15) is 8.75 Å². The van der Waals surface area contributed by atoms with Gasteiger partial charge in [-0.15, -0.1) is 0 Å². The van der Waals surface area contributed by atoms with Crippen LogP contribution in [0, 0.1) is 5.92 Å². The lowest BCUT2D eigenvalue weighted by molar-refractivity contribution is 0.560. The van der Waals surface area contributed by atoms with Crippen LogP contribution in [0.1, 0.15) is 20.8 Å². The smallest absolute Gasteiger partial charge is 0.130 e. The van der Waals surface area contributed by atoms with Gasteiger partial charge in [0.25, 0.3) is 0 Å². The van der Waals surface area contributed by atoms with Crippen molar-refractivity contribution >= 4 is 51.7 Å². The van der Waals surface area contributed by atoms with Gasteiger partial charge in [0.2, 0.25) is 0 Å². The van der Waals surface area contributed by atoms with Crippen LogP contribution < -0.4 is 5.32 Å². The predicted molar refractivity (Wildman–Crippen MR) is 75.4 cm³/mol. The summed E-state index contributed by atoms with van der Waals surface area (Å²) in [5, 5.41) is 4.51. The summed E-state index contributed by atoms with van der Waals surface area (Å²) >= 11 is 13.4. The van der Waals surface area contributed by atoms with E-state index in [1.807, 2.05) is 0 Å². The minimum Gasteiger partial charge on any atom is -0.379 e. The third-order valence-corrected chi connectivity index (χ3v) is 3.93. The molecule has 0 fully saturated rings. The summed E-state index contributed by atoms with van der Waals surface area (Å²) in [4.78, 5) is 0. The van der Waals surface area contributed by atoms with Crippen molar-refractivity contribution in [3.63, 3.8) is 0 Å². The Morgan fingerprint density at radius 3 is 2.41 bits per heavy atom. The first kappa shape index (κ1) is 12.9. The Morgan fingerprint density at radius 2 is 1.76 bits per heavy atom. The quantitative estimate of drug-likeness (QED) is 0.907. The molecule has 1 atom stereocenters. The number of nitrogens with one attached hydrogen (secondary N) is 1. The van der Waals surface area contributed by atoms with Gasteiger partial charge in [-0.05, 0) is 18.9 Å². The van der Waals surface area contributed by atoms with Crippen LogP contribution in [-0.4, -0.2) is 14.8 Å². The van der Waals surface area contributed by atoms with Gasteiger partial charge in [-0.1, -0.05) is 37.0 Å². The molecule has 1 unspecified atom stereocenters. The first-order valence-corrected chi connectivity index (χ1v) is 6.86. The molecule has 0 saturated carbocycles. The minimum atomic E-state index is 0.304. The number of anilines is 1. The maximum Gasteiger partial charge on any atom is 0.130 e. The number of aromatic nitrogens is 2. The van der Waals surface area contributed by atoms with Crippen LogP contribution in [0.15, 0.2) is 6.07 Å². The Kier molecular flexibility index (Phi) is 3.76. The first-order chi connectivity index (χ1) is 8.00. The fourth-order valence-corrected chi connectivity index (χ4v) is 2.57. The summed E-state index contributed by atoms with van der Waals surface area (Å²) in [6.07, 6.45) is 0. The highest BCUT2D eigenvalue weighted by Gasteiger charge is 2.16. The van der Waals surface area contributed by atoms with E-state index in [-0.39, 0.29) is 0 Å². The van der Waals surface area contributed by atoms with E-state index in [2.05, 4.69) is 34.8 Å². The number of hydrogen-bond donors (Lipinski definition) is 1. The molecule has 0 bridgehead atoms. The molecule has 1 aromatic heterocycles. The van der Waals surface area contributed by atoms with E-state index in [4.69, 9.17) is 23.2 Å². The molecule has 2 rings (SSSR count). The van der Waals surface area contributed by atoms with Crippen molar-refractivity contribution in [2.45, 2.75) is 26.8 Å². The van der Waals surface area contributed by atoms with E-state index in [1.54, 1.807) is 6.07 Å². The Hall–Kier alpha value is -0.580. The summed E-state index contributed by atoms with van der Waals surface area (Å²) in [5.74, 6) is 0.503. The predicted octanol–water partition coefficient (Wildman–Crippen LogP) is 4.45. The maximum absolute atomic E-state index is 6.20. The van der Waals surface area contributed by atoms with E-state index in [0.29, 0.717) is 27.5 Å². The van der Waals surface area contributed by atoms with E-state index in [9.17, 15) is 0 Å². The van der Waals surface area contributed by atoms with Crippen LogP contribution in [0.3, 0.4) is 0 Å². The molecule has 0 spiro atoms. The molecule has 3 nitrogen and oxygen atoms in total. The van der Waals surface area contributed by atoms with Crippen molar-refractivity contribution in [3.8, 4) is 0 Å². The van der Waals surface area contributed by atoms with Gasteiger partial charge in [-0.3, -0.25) is 0 Å². The molecule has 0 amide bonds.